The van der Waals surface area contributed by atoms with Crippen molar-refractivity contribution in [3.8, 4) is 5.75 Å². The summed E-state index contributed by atoms with van der Waals surface area (Å²) in [6, 6.07) is 7.41. The molecule has 0 bridgehead atoms. The zero-order valence-electron chi connectivity index (χ0n) is 15.3. The molecule has 2 saturated heterocycles. The maximum Gasteiger partial charge on any atom is 0.237 e. The molecule has 1 aromatic rings. The van der Waals surface area contributed by atoms with Crippen LogP contribution in [0.25, 0.3) is 0 Å². The molecule has 0 saturated carbocycles. The first-order chi connectivity index (χ1) is 12.7. The van der Waals surface area contributed by atoms with Crippen molar-refractivity contribution in [3.63, 3.8) is 0 Å². The lowest BCUT2D eigenvalue weighted by atomic mass is 10.1. The molecule has 0 unspecified atom stereocenters. The first-order valence-electron chi connectivity index (χ1n) is 9.27. The molecule has 2 fully saturated rings. The smallest absolute Gasteiger partial charge is 0.237 e. The molecule has 0 radical (unpaired) electrons. The third-order valence-corrected chi connectivity index (χ3v) is 4.82. The lowest BCUT2D eigenvalue weighted by molar-refractivity contribution is -0.141. The van der Waals surface area contributed by atoms with E-state index in [1.807, 2.05) is 31.2 Å². The van der Waals surface area contributed by atoms with E-state index < -0.39 is 6.04 Å². The lowest BCUT2D eigenvalue weighted by Crippen LogP contribution is -2.56. The molecule has 0 aromatic heterocycles. The monoisotopic (exact) mass is 361 g/mol. The van der Waals surface area contributed by atoms with Crippen molar-refractivity contribution < 1.29 is 19.1 Å². The molecule has 3 rings (SSSR count). The summed E-state index contributed by atoms with van der Waals surface area (Å²) in [5.74, 6) is 0.768. The van der Waals surface area contributed by atoms with E-state index in [2.05, 4.69) is 10.2 Å². The molecule has 7 nitrogen and oxygen atoms in total. The average Bonchev–Trinajstić information content (AvgIpc) is 2.67. The molecule has 142 valence electrons. The first-order valence-corrected chi connectivity index (χ1v) is 9.27. The van der Waals surface area contributed by atoms with Gasteiger partial charge in [0.2, 0.25) is 11.8 Å². The number of piperazine rings is 1. The van der Waals surface area contributed by atoms with Gasteiger partial charge < -0.3 is 19.7 Å². The van der Waals surface area contributed by atoms with Crippen LogP contribution in [0.4, 0.5) is 0 Å². The normalized spacial score (nSPS) is 21.3. The predicted molar refractivity (Wildman–Crippen MR) is 96.8 cm³/mol. The maximum atomic E-state index is 12.6. The van der Waals surface area contributed by atoms with Crippen molar-refractivity contribution in [2.75, 3.05) is 46.0 Å². The molecule has 1 N–H and O–H groups in total. The van der Waals surface area contributed by atoms with Crippen LogP contribution in [0.2, 0.25) is 0 Å². The second-order valence-corrected chi connectivity index (χ2v) is 6.52. The van der Waals surface area contributed by atoms with Crippen molar-refractivity contribution >= 4 is 11.8 Å². The van der Waals surface area contributed by atoms with Gasteiger partial charge in [0.1, 0.15) is 5.75 Å². The highest BCUT2D eigenvalue weighted by molar-refractivity contribution is 5.88. The van der Waals surface area contributed by atoms with Gasteiger partial charge in [0.25, 0.3) is 0 Å². The van der Waals surface area contributed by atoms with Gasteiger partial charge in [-0.1, -0.05) is 18.2 Å². The van der Waals surface area contributed by atoms with Crippen molar-refractivity contribution in [1.82, 2.24) is 15.1 Å². The molecule has 1 aromatic carbocycles. The van der Waals surface area contributed by atoms with E-state index in [4.69, 9.17) is 9.47 Å². The van der Waals surface area contributed by atoms with Crippen LogP contribution >= 0.6 is 0 Å². The highest BCUT2D eigenvalue weighted by Gasteiger charge is 2.33. The summed E-state index contributed by atoms with van der Waals surface area (Å²) < 4.78 is 11.0. The van der Waals surface area contributed by atoms with Gasteiger partial charge in [-0.25, -0.2) is 0 Å². The maximum absolute atomic E-state index is 12.6. The molecule has 1 atom stereocenters. The zero-order chi connectivity index (χ0) is 18.4. The molecule has 26 heavy (non-hydrogen) atoms. The Kier molecular flexibility index (Phi) is 6.46. The molecular weight excluding hydrogens is 334 g/mol. The van der Waals surface area contributed by atoms with E-state index in [1.165, 1.54) is 0 Å². The fraction of sp³-hybridized carbons (Fsp3) is 0.579. The van der Waals surface area contributed by atoms with E-state index in [1.54, 1.807) is 4.90 Å². The Morgan fingerprint density at radius 2 is 2.04 bits per heavy atom. The molecule has 2 aliphatic rings. The summed E-state index contributed by atoms with van der Waals surface area (Å²) in [5.41, 5.74) is 1.04. The molecule has 0 spiro atoms. The van der Waals surface area contributed by atoms with Crippen LogP contribution in [0.1, 0.15) is 18.9 Å². The number of carbonyl (C=O) groups is 2. The van der Waals surface area contributed by atoms with Gasteiger partial charge in [-0.3, -0.25) is 14.5 Å². The number of benzene rings is 1. The number of carbonyl (C=O) groups excluding carboxylic acids is 2. The average molecular weight is 361 g/mol. The van der Waals surface area contributed by atoms with Crippen LogP contribution < -0.4 is 10.1 Å². The zero-order valence-corrected chi connectivity index (χ0v) is 15.3. The van der Waals surface area contributed by atoms with E-state index in [9.17, 15) is 9.59 Å². The fourth-order valence-corrected chi connectivity index (χ4v) is 3.43. The number of morpholine rings is 1. The van der Waals surface area contributed by atoms with Crippen LogP contribution in [-0.4, -0.2) is 73.7 Å². The van der Waals surface area contributed by atoms with Gasteiger partial charge >= 0.3 is 0 Å². The van der Waals surface area contributed by atoms with Crippen LogP contribution in [0.15, 0.2) is 24.3 Å². The van der Waals surface area contributed by atoms with Crippen LogP contribution in [0, 0.1) is 0 Å². The molecule has 0 aliphatic carbocycles. The standard InChI is InChI=1S/C19H27N3O4/c1-2-26-17-6-4-3-5-15(17)14-22-8-7-20-19(24)16(22)13-18(23)21-9-11-25-12-10-21/h3-6,16H,2,7-14H2,1H3,(H,20,24)/t16-/m0/s1. The Morgan fingerprint density at radius 1 is 1.27 bits per heavy atom. The fourth-order valence-electron chi connectivity index (χ4n) is 3.43. The third kappa shape index (κ3) is 4.53. The quantitative estimate of drug-likeness (QED) is 0.805. The number of hydrogen-bond donors (Lipinski definition) is 1. The van der Waals surface area contributed by atoms with E-state index in [0.29, 0.717) is 52.5 Å². The highest BCUT2D eigenvalue weighted by atomic mass is 16.5. The number of nitrogens with one attached hydrogen (secondary N) is 1. The second kappa shape index (κ2) is 9.00. The molecule has 2 heterocycles. The molecule has 7 heteroatoms. The van der Waals surface area contributed by atoms with Gasteiger partial charge in [0.15, 0.2) is 0 Å². The largest absolute Gasteiger partial charge is 0.494 e. The number of para-hydroxylation sites is 1. The van der Waals surface area contributed by atoms with E-state index in [0.717, 1.165) is 11.3 Å². The summed E-state index contributed by atoms with van der Waals surface area (Å²) in [5, 5.41) is 2.89. The molecular formula is C19H27N3O4. The van der Waals surface area contributed by atoms with Crippen molar-refractivity contribution in [1.29, 1.82) is 0 Å². The summed E-state index contributed by atoms with van der Waals surface area (Å²) in [6.45, 7) is 6.77. The minimum absolute atomic E-state index is 0.0124. The summed E-state index contributed by atoms with van der Waals surface area (Å²) in [7, 11) is 0. The van der Waals surface area contributed by atoms with Gasteiger partial charge in [0, 0.05) is 38.3 Å². The number of ether oxygens (including phenoxy) is 2. The molecule has 2 aliphatic heterocycles. The Bertz CT molecular complexity index is 631. The second-order valence-electron chi connectivity index (χ2n) is 6.52. The third-order valence-electron chi connectivity index (χ3n) is 4.82. The number of hydrogen-bond acceptors (Lipinski definition) is 5. The summed E-state index contributed by atoms with van der Waals surface area (Å²) >= 11 is 0. The summed E-state index contributed by atoms with van der Waals surface area (Å²) in [4.78, 5) is 28.9. The Morgan fingerprint density at radius 3 is 2.81 bits per heavy atom. The van der Waals surface area contributed by atoms with Gasteiger partial charge in [-0.15, -0.1) is 0 Å². The van der Waals surface area contributed by atoms with Crippen molar-refractivity contribution in [2.45, 2.75) is 25.9 Å². The minimum Gasteiger partial charge on any atom is -0.494 e. The minimum atomic E-state index is -0.450. The van der Waals surface area contributed by atoms with Crippen molar-refractivity contribution in [3.05, 3.63) is 29.8 Å². The van der Waals surface area contributed by atoms with Gasteiger partial charge in [0.05, 0.1) is 32.3 Å². The van der Waals surface area contributed by atoms with Crippen molar-refractivity contribution in [2.24, 2.45) is 0 Å². The first kappa shape index (κ1) is 18.7. The predicted octanol–water partition coefficient (Wildman–Crippen LogP) is 0.635. The van der Waals surface area contributed by atoms with Gasteiger partial charge in [-0.2, -0.15) is 0 Å². The number of nitrogens with zero attached hydrogens (tertiary/aromatic N) is 2. The Hall–Kier alpha value is -2.12. The number of rotatable bonds is 6. The highest BCUT2D eigenvalue weighted by Crippen LogP contribution is 2.22. The van der Waals surface area contributed by atoms with Crippen LogP contribution in [-0.2, 0) is 20.9 Å². The summed E-state index contributed by atoms with van der Waals surface area (Å²) in [6.07, 6.45) is 0.197. The van der Waals surface area contributed by atoms with Crippen LogP contribution in [0.3, 0.4) is 0 Å². The lowest BCUT2D eigenvalue weighted by Gasteiger charge is -2.36. The Balaban J connectivity index is 1.70. The van der Waals surface area contributed by atoms with E-state index in [-0.39, 0.29) is 18.2 Å². The van der Waals surface area contributed by atoms with Gasteiger partial charge in [-0.05, 0) is 13.0 Å². The SMILES string of the molecule is CCOc1ccccc1CN1CCNC(=O)[C@@H]1CC(=O)N1CCOCC1. The topological polar surface area (TPSA) is 71.1 Å². The van der Waals surface area contributed by atoms with Crippen LogP contribution in [0.5, 0.6) is 5.75 Å². The Labute approximate surface area is 154 Å². The van der Waals surface area contributed by atoms with E-state index >= 15 is 0 Å². The molecule has 2 amide bonds. The number of amides is 2.